The summed E-state index contributed by atoms with van der Waals surface area (Å²) in [4.78, 5) is 26.6. The number of aryl methyl sites for hydroxylation is 1. The Morgan fingerprint density at radius 1 is 1.05 bits per heavy atom. The molecule has 0 aliphatic carbocycles. The number of nitrogens with zero attached hydrogens (tertiary/aromatic N) is 3. The van der Waals surface area contributed by atoms with Crippen LogP contribution < -0.4 is 5.32 Å². The minimum absolute atomic E-state index is 0.103. The number of nitrogens with one attached hydrogen (secondary N) is 2. The maximum absolute atomic E-state index is 14.3. The molecule has 1 atom stereocenters. The van der Waals surface area contributed by atoms with Crippen molar-refractivity contribution in [3.05, 3.63) is 119 Å². The van der Waals surface area contributed by atoms with E-state index >= 15 is 0 Å². The zero-order valence-electron chi connectivity index (χ0n) is 25.3. The molecule has 7 nitrogen and oxygen atoms in total. The first kappa shape index (κ1) is 29.5. The van der Waals surface area contributed by atoms with Gasteiger partial charge in [-0.25, -0.2) is 4.39 Å². The molecule has 1 saturated heterocycles. The smallest absolute Gasteiger partial charge is 0.252 e. The Morgan fingerprint density at radius 2 is 1.84 bits per heavy atom. The van der Waals surface area contributed by atoms with Gasteiger partial charge in [-0.2, -0.15) is 0 Å². The van der Waals surface area contributed by atoms with Crippen molar-refractivity contribution in [1.29, 1.82) is 0 Å². The number of rotatable bonds is 8. The lowest BCUT2D eigenvalue weighted by molar-refractivity contribution is 0.0942. The minimum atomic E-state index is -0.807. The number of amides is 1. The summed E-state index contributed by atoms with van der Waals surface area (Å²) in [6.07, 6.45) is 4.20. The van der Waals surface area contributed by atoms with Crippen LogP contribution in [0.2, 0.25) is 0 Å². The van der Waals surface area contributed by atoms with Crippen LogP contribution >= 0.6 is 0 Å². The number of hydrogen-bond donors (Lipinski definition) is 3. The minimum Gasteiger partial charge on any atom is -0.508 e. The van der Waals surface area contributed by atoms with Gasteiger partial charge in [0.2, 0.25) is 0 Å². The summed E-state index contributed by atoms with van der Waals surface area (Å²) in [7, 11) is 4.30. The molecule has 3 heterocycles. The third-order valence-electron chi connectivity index (χ3n) is 8.61. The van der Waals surface area contributed by atoms with Crippen LogP contribution in [0.3, 0.4) is 0 Å². The summed E-state index contributed by atoms with van der Waals surface area (Å²) >= 11 is 0. The highest BCUT2D eigenvalue weighted by Gasteiger charge is 2.24. The molecule has 1 aliphatic heterocycles. The third kappa shape index (κ3) is 6.51. The van der Waals surface area contributed by atoms with Gasteiger partial charge in [-0.3, -0.25) is 14.7 Å². The van der Waals surface area contributed by atoms with Crippen molar-refractivity contribution in [2.24, 2.45) is 0 Å². The Balaban J connectivity index is 1.23. The molecule has 1 aliphatic rings. The Morgan fingerprint density at radius 3 is 2.57 bits per heavy atom. The Bertz CT molecular complexity index is 1740. The van der Waals surface area contributed by atoms with E-state index in [-0.39, 0.29) is 17.2 Å². The first-order chi connectivity index (χ1) is 21.2. The number of aromatic hydroxyl groups is 1. The first-order valence-corrected chi connectivity index (χ1v) is 15.1. The molecule has 0 saturated carbocycles. The van der Waals surface area contributed by atoms with Gasteiger partial charge in [0.05, 0.1) is 11.7 Å². The van der Waals surface area contributed by atoms with Crippen LogP contribution in [0.15, 0.2) is 85.1 Å². The van der Waals surface area contributed by atoms with Crippen LogP contribution in [0.25, 0.3) is 22.0 Å². The van der Waals surface area contributed by atoms with Crippen LogP contribution in [0.5, 0.6) is 5.75 Å². The number of phenolic OH excluding ortho intramolecular Hbond substituents is 1. The number of phenols is 1. The molecule has 2 aromatic heterocycles. The van der Waals surface area contributed by atoms with Crippen LogP contribution in [0.4, 0.5) is 4.39 Å². The Labute approximate surface area is 257 Å². The lowest BCUT2D eigenvalue weighted by Gasteiger charge is -2.34. The van der Waals surface area contributed by atoms with Crippen LogP contribution in [0.1, 0.15) is 51.8 Å². The van der Waals surface area contributed by atoms with Crippen molar-refractivity contribution < 1.29 is 14.3 Å². The van der Waals surface area contributed by atoms with E-state index in [2.05, 4.69) is 46.3 Å². The fourth-order valence-electron chi connectivity index (χ4n) is 6.14. The lowest BCUT2D eigenvalue weighted by Crippen LogP contribution is -2.41. The number of piperidine rings is 1. The molecule has 3 N–H and O–H groups in total. The zero-order chi connectivity index (χ0) is 30.8. The Kier molecular flexibility index (Phi) is 8.46. The molecule has 1 amide bonds. The largest absolute Gasteiger partial charge is 0.508 e. The predicted octanol–water partition coefficient (Wildman–Crippen LogP) is 6.43. The number of aromatic nitrogens is 2. The highest BCUT2D eigenvalue weighted by Crippen LogP contribution is 2.32. The van der Waals surface area contributed by atoms with Crippen molar-refractivity contribution in [2.45, 2.75) is 38.4 Å². The summed E-state index contributed by atoms with van der Waals surface area (Å²) in [6.45, 7) is 4.90. The summed E-state index contributed by atoms with van der Waals surface area (Å²) in [5, 5.41) is 14.7. The predicted molar refractivity (Wildman–Crippen MR) is 172 cm³/mol. The second-order valence-electron chi connectivity index (χ2n) is 12.0. The molecule has 0 radical (unpaired) electrons. The van der Waals surface area contributed by atoms with E-state index in [1.165, 1.54) is 31.0 Å². The number of para-hydroxylation sites is 1. The number of aromatic amines is 1. The van der Waals surface area contributed by atoms with Crippen LogP contribution in [-0.2, 0) is 6.54 Å². The number of H-pyrrole nitrogens is 1. The normalized spacial score (nSPS) is 15.1. The molecule has 5 aromatic rings. The van der Waals surface area contributed by atoms with E-state index in [0.717, 1.165) is 52.9 Å². The van der Waals surface area contributed by atoms with E-state index in [9.17, 15) is 14.3 Å². The van der Waals surface area contributed by atoms with E-state index in [0.29, 0.717) is 17.3 Å². The first-order valence-electron chi connectivity index (χ1n) is 15.1. The lowest BCUT2D eigenvalue weighted by atomic mass is 9.99. The number of likely N-dealkylation sites (tertiary alicyclic amines) is 1. The SMILES string of the molecule is Cc1cc(C(=O)NC(c2cc3ccccc3[nH]2)c2cc(F)ccc2O)cc(-c2ccc(CN3CCC(N(C)C)CC3)nc2)c1. The highest BCUT2D eigenvalue weighted by molar-refractivity contribution is 5.96. The third-order valence-corrected chi connectivity index (χ3v) is 8.61. The number of carbonyl (C=O) groups is 1. The molecule has 0 bridgehead atoms. The van der Waals surface area contributed by atoms with Gasteiger partial charge in [-0.1, -0.05) is 30.3 Å². The van der Waals surface area contributed by atoms with Gasteiger partial charge < -0.3 is 20.3 Å². The van der Waals surface area contributed by atoms with Crippen molar-refractivity contribution in [3.63, 3.8) is 0 Å². The van der Waals surface area contributed by atoms with Gasteiger partial charge in [0.25, 0.3) is 5.91 Å². The fraction of sp³-hybridized carbons (Fsp3) is 0.278. The standard InChI is InChI=1S/C36H38FN5O2/c1-23-16-26(25-8-10-29(38-21-25)22-42-14-12-30(13-15-42)41(2)3)18-27(17-23)36(44)40-35(31-20-28(37)9-11-34(31)43)33-19-24-6-4-5-7-32(24)39-33/h4-11,16-21,30,35,39,43H,12-15,22H2,1-3H3,(H,40,44). The average Bonchev–Trinajstić information content (AvgIpc) is 3.45. The average molecular weight is 592 g/mol. The summed E-state index contributed by atoms with van der Waals surface area (Å²) < 4.78 is 14.3. The van der Waals surface area contributed by atoms with Crippen LogP contribution in [-0.4, -0.2) is 64.0 Å². The quantitative estimate of drug-likeness (QED) is 0.194. The van der Waals surface area contributed by atoms with Gasteiger partial charge in [0.15, 0.2) is 0 Å². The number of benzene rings is 3. The molecule has 226 valence electrons. The topological polar surface area (TPSA) is 84.5 Å². The summed E-state index contributed by atoms with van der Waals surface area (Å²) in [5.74, 6) is -0.943. The number of halogens is 1. The molecule has 8 heteroatoms. The van der Waals surface area contributed by atoms with E-state index in [1.807, 2.05) is 61.7 Å². The highest BCUT2D eigenvalue weighted by atomic mass is 19.1. The van der Waals surface area contributed by atoms with Gasteiger partial charge in [0, 0.05) is 59.8 Å². The van der Waals surface area contributed by atoms with Gasteiger partial charge in [-0.15, -0.1) is 0 Å². The maximum atomic E-state index is 14.3. The van der Waals surface area contributed by atoms with Crippen molar-refractivity contribution in [2.75, 3.05) is 27.2 Å². The van der Waals surface area contributed by atoms with E-state index in [1.54, 1.807) is 0 Å². The number of fused-ring (bicyclic) bond motifs is 1. The van der Waals surface area contributed by atoms with Gasteiger partial charge in [0.1, 0.15) is 11.6 Å². The van der Waals surface area contributed by atoms with Crippen molar-refractivity contribution in [3.8, 4) is 16.9 Å². The van der Waals surface area contributed by atoms with Crippen molar-refractivity contribution in [1.82, 2.24) is 25.1 Å². The van der Waals surface area contributed by atoms with Gasteiger partial charge >= 0.3 is 0 Å². The fourth-order valence-corrected chi connectivity index (χ4v) is 6.14. The number of pyridine rings is 1. The Hall–Kier alpha value is -4.53. The second kappa shape index (κ2) is 12.6. The molecule has 44 heavy (non-hydrogen) atoms. The monoisotopic (exact) mass is 591 g/mol. The number of hydrogen-bond acceptors (Lipinski definition) is 5. The molecular weight excluding hydrogens is 553 g/mol. The number of carbonyl (C=O) groups excluding carboxylic acids is 1. The summed E-state index contributed by atoms with van der Waals surface area (Å²) in [5.41, 5.74) is 6.01. The second-order valence-corrected chi connectivity index (χ2v) is 12.0. The summed E-state index contributed by atoms with van der Waals surface area (Å²) in [6, 6.07) is 23.1. The van der Waals surface area contributed by atoms with Gasteiger partial charge in [-0.05, 0) is 98.9 Å². The van der Waals surface area contributed by atoms with E-state index < -0.39 is 11.9 Å². The molecule has 6 rings (SSSR count). The molecule has 0 spiro atoms. The molecule has 3 aromatic carbocycles. The van der Waals surface area contributed by atoms with E-state index in [4.69, 9.17) is 4.98 Å². The zero-order valence-corrected chi connectivity index (χ0v) is 25.3. The van der Waals surface area contributed by atoms with Crippen molar-refractivity contribution >= 4 is 16.8 Å². The van der Waals surface area contributed by atoms with Crippen LogP contribution in [0, 0.1) is 12.7 Å². The molecular formula is C36H38FN5O2. The maximum Gasteiger partial charge on any atom is 0.252 e. The molecule has 1 unspecified atom stereocenters. The molecule has 1 fully saturated rings.